The van der Waals surface area contributed by atoms with E-state index in [0.29, 0.717) is 0 Å². The molecule has 0 amide bonds. The molecule has 0 aliphatic carbocycles. The predicted molar refractivity (Wildman–Crippen MR) is 70.8 cm³/mol. The van der Waals surface area contributed by atoms with Crippen LogP contribution in [-0.2, 0) is 6.18 Å². The second-order valence-electron chi connectivity index (χ2n) is 4.14. The van der Waals surface area contributed by atoms with E-state index in [-0.39, 0.29) is 67.0 Å². The minimum atomic E-state index is -4.67. The Bertz CT molecular complexity index is 694. The SMILES string of the molecule is O=C(c1cc(Cl)c([O-])c(Cl)c1)c1ccccc1C(F)(F)F.[K+]. The van der Waals surface area contributed by atoms with Crippen LogP contribution in [0.4, 0.5) is 13.2 Å². The van der Waals surface area contributed by atoms with Gasteiger partial charge in [0.25, 0.3) is 0 Å². The molecule has 0 aliphatic heterocycles. The molecule has 0 radical (unpaired) electrons. The van der Waals surface area contributed by atoms with Gasteiger partial charge in [-0.05, 0) is 18.2 Å². The van der Waals surface area contributed by atoms with Crippen LogP contribution >= 0.6 is 23.2 Å². The molecule has 0 fully saturated rings. The van der Waals surface area contributed by atoms with Crippen LogP contribution in [0.5, 0.6) is 5.75 Å². The number of carbonyl (C=O) groups is 1. The van der Waals surface area contributed by atoms with Crippen molar-refractivity contribution in [2.45, 2.75) is 6.18 Å². The van der Waals surface area contributed by atoms with Gasteiger partial charge in [0.05, 0.1) is 5.56 Å². The van der Waals surface area contributed by atoms with Crippen molar-refractivity contribution in [3.63, 3.8) is 0 Å². The number of carbonyl (C=O) groups excluding carboxylic acids is 1. The Balaban J connectivity index is 0.00000242. The summed E-state index contributed by atoms with van der Waals surface area (Å²) in [7, 11) is 0. The van der Waals surface area contributed by atoms with Gasteiger partial charge in [0.1, 0.15) is 0 Å². The Hall–Kier alpha value is -0.0836. The van der Waals surface area contributed by atoms with Gasteiger partial charge in [-0.2, -0.15) is 13.2 Å². The maximum atomic E-state index is 12.9. The summed E-state index contributed by atoms with van der Waals surface area (Å²) in [6.45, 7) is 0. The largest absolute Gasteiger partial charge is 1.00 e. The van der Waals surface area contributed by atoms with Crippen LogP contribution in [0.15, 0.2) is 36.4 Å². The monoisotopic (exact) mass is 372 g/mol. The van der Waals surface area contributed by atoms with Crippen molar-refractivity contribution in [1.82, 2.24) is 0 Å². The van der Waals surface area contributed by atoms with Crippen LogP contribution in [0.1, 0.15) is 21.5 Å². The molecule has 0 saturated heterocycles. The van der Waals surface area contributed by atoms with Gasteiger partial charge in [-0.1, -0.05) is 47.2 Å². The predicted octanol–water partition coefficient (Wildman–Crippen LogP) is 1.32. The summed E-state index contributed by atoms with van der Waals surface area (Å²) >= 11 is 11.2. The van der Waals surface area contributed by atoms with E-state index >= 15 is 0 Å². The Labute approximate surface area is 176 Å². The first-order valence-corrected chi connectivity index (χ1v) is 6.34. The molecule has 22 heavy (non-hydrogen) atoms. The first-order chi connectivity index (χ1) is 9.71. The summed E-state index contributed by atoms with van der Waals surface area (Å²) in [6.07, 6.45) is -4.67. The Morgan fingerprint density at radius 2 is 1.55 bits per heavy atom. The van der Waals surface area contributed by atoms with Gasteiger partial charge in [0.15, 0.2) is 5.78 Å². The van der Waals surface area contributed by atoms with E-state index in [1.807, 2.05) is 0 Å². The van der Waals surface area contributed by atoms with Crippen molar-refractivity contribution >= 4 is 29.0 Å². The minimum Gasteiger partial charge on any atom is -0.870 e. The molecule has 0 aromatic heterocycles. The zero-order valence-corrected chi connectivity index (χ0v) is 15.8. The molecule has 0 heterocycles. The van der Waals surface area contributed by atoms with Crippen LogP contribution < -0.4 is 56.5 Å². The Morgan fingerprint density at radius 1 is 1.05 bits per heavy atom. The van der Waals surface area contributed by atoms with Gasteiger partial charge in [0.2, 0.25) is 0 Å². The maximum Gasteiger partial charge on any atom is 1.00 e. The Morgan fingerprint density at radius 3 is 2.05 bits per heavy atom. The van der Waals surface area contributed by atoms with E-state index in [4.69, 9.17) is 23.2 Å². The zero-order chi connectivity index (χ0) is 15.8. The van der Waals surface area contributed by atoms with Crippen LogP contribution in [0.25, 0.3) is 0 Å². The quantitative estimate of drug-likeness (QED) is 0.589. The number of alkyl halides is 3. The van der Waals surface area contributed by atoms with Gasteiger partial charge < -0.3 is 5.11 Å². The molecule has 2 aromatic rings. The van der Waals surface area contributed by atoms with E-state index in [9.17, 15) is 23.1 Å². The fourth-order valence-corrected chi connectivity index (χ4v) is 2.26. The number of ketones is 1. The molecule has 110 valence electrons. The van der Waals surface area contributed by atoms with Gasteiger partial charge in [-0.15, -0.1) is 0 Å². The van der Waals surface area contributed by atoms with Crippen molar-refractivity contribution in [1.29, 1.82) is 0 Å². The van der Waals surface area contributed by atoms with E-state index in [1.165, 1.54) is 12.1 Å². The molecule has 0 spiro atoms. The van der Waals surface area contributed by atoms with Gasteiger partial charge in [0, 0.05) is 21.2 Å². The first kappa shape index (κ1) is 20.0. The molecule has 2 nitrogen and oxygen atoms in total. The minimum absolute atomic E-state index is 0. The van der Waals surface area contributed by atoms with Crippen molar-refractivity contribution in [3.8, 4) is 5.75 Å². The number of benzene rings is 2. The summed E-state index contributed by atoms with van der Waals surface area (Å²) < 4.78 is 38.7. The van der Waals surface area contributed by atoms with E-state index in [2.05, 4.69) is 0 Å². The van der Waals surface area contributed by atoms with Crippen molar-refractivity contribution in [2.75, 3.05) is 0 Å². The van der Waals surface area contributed by atoms with Crippen LogP contribution in [0.3, 0.4) is 0 Å². The summed E-state index contributed by atoms with van der Waals surface area (Å²) in [6, 6.07) is 6.36. The van der Waals surface area contributed by atoms with E-state index < -0.39 is 28.8 Å². The number of hydrogen-bond acceptors (Lipinski definition) is 2. The summed E-state index contributed by atoms with van der Waals surface area (Å²) in [5.74, 6) is -1.59. The summed E-state index contributed by atoms with van der Waals surface area (Å²) in [5.41, 5.74) is -1.77. The topological polar surface area (TPSA) is 40.1 Å². The second kappa shape index (κ2) is 7.66. The average molecular weight is 373 g/mol. The standard InChI is InChI=1S/C14H7Cl2F3O2.K/c15-10-5-7(6-11(16)13(10)21)12(20)8-3-1-2-4-9(8)14(17,18)19;/h1-6,21H;/q;+1/p-1. The van der Waals surface area contributed by atoms with E-state index in [0.717, 1.165) is 24.3 Å². The number of hydrogen-bond donors (Lipinski definition) is 0. The molecular weight excluding hydrogens is 367 g/mol. The second-order valence-corrected chi connectivity index (χ2v) is 4.96. The summed E-state index contributed by atoms with van der Waals surface area (Å²) in [5, 5.41) is 10.7. The fraction of sp³-hybridized carbons (Fsp3) is 0.0714. The molecule has 0 aliphatic rings. The van der Waals surface area contributed by atoms with Gasteiger partial charge >= 0.3 is 57.6 Å². The number of rotatable bonds is 2. The molecule has 0 N–H and O–H groups in total. The maximum absolute atomic E-state index is 12.9. The fourth-order valence-electron chi connectivity index (χ4n) is 1.77. The summed E-state index contributed by atoms with van der Waals surface area (Å²) in [4.78, 5) is 12.2. The van der Waals surface area contributed by atoms with Crippen molar-refractivity contribution in [3.05, 3.63) is 63.1 Å². The molecule has 0 unspecified atom stereocenters. The zero-order valence-electron chi connectivity index (χ0n) is 11.2. The third kappa shape index (κ3) is 4.26. The van der Waals surface area contributed by atoms with Crippen molar-refractivity contribution < 1.29 is 74.5 Å². The van der Waals surface area contributed by atoms with Crippen LogP contribution in [0.2, 0.25) is 10.0 Å². The molecule has 0 atom stereocenters. The smallest absolute Gasteiger partial charge is 0.870 e. The van der Waals surface area contributed by atoms with E-state index in [1.54, 1.807) is 0 Å². The first-order valence-electron chi connectivity index (χ1n) is 5.59. The van der Waals surface area contributed by atoms with Crippen LogP contribution in [0, 0.1) is 0 Å². The average Bonchev–Trinajstić information content (AvgIpc) is 2.42. The Kier molecular flexibility index (Phi) is 6.95. The molecule has 0 saturated carbocycles. The molecule has 0 bridgehead atoms. The third-order valence-electron chi connectivity index (χ3n) is 2.74. The van der Waals surface area contributed by atoms with Gasteiger partial charge in [-0.3, -0.25) is 4.79 Å². The molecule has 2 aromatic carbocycles. The molecule has 2 rings (SSSR count). The molecule has 8 heteroatoms. The number of halogens is 5. The normalized spacial score (nSPS) is 11.0. The molecular formula is C14H6Cl2F3KO2. The van der Waals surface area contributed by atoms with Crippen LogP contribution in [-0.4, -0.2) is 5.78 Å². The van der Waals surface area contributed by atoms with Gasteiger partial charge in [-0.25, -0.2) is 0 Å². The van der Waals surface area contributed by atoms with Crippen molar-refractivity contribution in [2.24, 2.45) is 0 Å². The third-order valence-corrected chi connectivity index (χ3v) is 3.30.